The van der Waals surface area contributed by atoms with Gasteiger partial charge in [-0.15, -0.1) is 0 Å². The van der Waals surface area contributed by atoms with Crippen LogP contribution >= 0.6 is 11.8 Å². The molecule has 0 saturated carbocycles. The van der Waals surface area contributed by atoms with Crippen molar-refractivity contribution in [3.05, 3.63) is 66.4 Å². The minimum atomic E-state index is 1.25. The van der Waals surface area contributed by atoms with E-state index in [-0.39, 0.29) is 0 Å². The molecule has 3 aromatic rings. The van der Waals surface area contributed by atoms with Gasteiger partial charge < -0.3 is 4.90 Å². The monoisotopic (exact) mass is 319 g/mol. The molecule has 114 valence electrons. The van der Waals surface area contributed by atoms with Gasteiger partial charge >= 0.3 is 0 Å². The first-order valence-corrected chi connectivity index (χ1v) is 8.57. The van der Waals surface area contributed by atoms with Crippen LogP contribution in [0.3, 0.4) is 0 Å². The van der Waals surface area contributed by atoms with E-state index in [1.165, 1.54) is 38.0 Å². The summed E-state index contributed by atoms with van der Waals surface area (Å²) in [7, 11) is 4.26. The standard InChI is InChI=1S/C20H19N2S/c1-14-11-12-17-20(19(14)16-9-6-7-13-21(16)2)23-18-10-5-4-8-15(18)22(17)3/h4-13H,1-3H3/q+1. The van der Waals surface area contributed by atoms with Crippen molar-refractivity contribution in [2.75, 3.05) is 11.9 Å². The Bertz CT molecular complexity index is 902. The second kappa shape index (κ2) is 5.43. The number of hydrogen-bond donors (Lipinski definition) is 0. The Morgan fingerprint density at radius 1 is 0.913 bits per heavy atom. The molecule has 4 rings (SSSR count). The normalized spacial score (nSPS) is 12.7. The van der Waals surface area contributed by atoms with E-state index in [2.05, 4.69) is 91.3 Å². The third-order valence-electron chi connectivity index (χ3n) is 4.46. The molecular formula is C20H19N2S+. The fraction of sp³-hybridized carbons (Fsp3) is 0.150. The summed E-state index contributed by atoms with van der Waals surface area (Å²) >= 11 is 1.88. The molecule has 0 amide bonds. The zero-order valence-corrected chi connectivity index (χ0v) is 14.4. The highest BCUT2D eigenvalue weighted by atomic mass is 32.2. The maximum absolute atomic E-state index is 2.30. The van der Waals surface area contributed by atoms with Crippen molar-refractivity contribution in [2.45, 2.75) is 16.7 Å². The first-order valence-electron chi connectivity index (χ1n) is 7.76. The van der Waals surface area contributed by atoms with E-state index < -0.39 is 0 Å². The van der Waals surface area contributed by atoms with E-state index in [1.807, 2.05) is 11.8 Å². The molecule has 0 N–H and O–H groups in total. The summed E-state index contributed by atoms with van der Waals surface area (Å²) in [6.45, 7) is 2.20. The lowest BCUT2D eigenvalue weighted by atomic mass is 10.0. The van der Waals surface area contributed by atoms with Gasteiger partial charge in [0.2, 0.25) is 5.69 Å². The molecule has 2 nitrogen and oxygen atoms in total. The van der Waals surface area contributed by atoms with Gasteiger partial charge in [-0.05, 0) is 36.8 Å². The molecule has 0 radical (unpaired) electrons. The molecule has 1 aromatic heterocycles. The maximum atomic E-state index is 2.30. The third kappa shape index (κ3) is 2.23. The average Bonchev–Trinajstić information content (AvgIpc) is 2.56. The molecule has 0 fully saturated rings. The Morgan fingerprint density at radius 3 is 2.52 bits per heavy atom. The van der Waals surface area contributed by atoms with Gasteiger partial charge in [0.1, 0.15) is 7.05 Å². The molecule has 0 saturated heterocycles. The van der Waals surface area contributed by atoms with Gasteiger partial charge in [-0.1, -0.05) is 30.0 Å². The summed E-state index contributed by atoms with van der Waals surface area (Å²) in [6.07, 6.45) is 2.11. The Morgan fingerprint density at radius 2 is 1.70 bits per heavy atom. The van der Waals surface area contributed by atoms with Gasteiger partial charge in [0.05, 0.1) is 21.8 Å². The van der Waals surface area contributed by atoms with Crippen LogP contribution in [0.25, 0.3) is 11.3 Å². The van der Waals surface area contributed by atoms with Crippen molar-refractivity contribution >= 4 is 23.1 Å². The number of nitrogens with zero attached hydrogens (tertiary/aromatic N) is 2. The topological polar surface area (TPSA) is 7.12 Å². The average molecular weight is 319 g/mol. The van der Waals surface area contributed by atoms with E-state index in [0.717, 1.165) is 0 Å². The summed E-state index contributed by atoms with van der Waals surface area (Å²) in [4.78, 5) is 4.95. The molecule has 0 atom stereocenters. The Hall–Kier alpha value is -2.26. The molecule has 0 bridgehead atoms. The zero-order valence-electron chi connectivity index (χ0n) is 13.6. The number of anilines is 2. The van der Waals surface area contributed by atoms with Crippen molar-refractivity contribution < 1.29 is 4.57 Å². The number of pyridine rings is 1. The smallest absolute Gasteiger partial charge is 0.213 e. The fourth-order valence-corrected chi connectivity index (χ4v) is 4.55. The zero-order chi connectivity index (χ0) is 16.0. The van der Waals surface area contributed by atoms with Crippen LogP contribution in [0.5, 0.6) is 0 Å². The molecule has 0 spiro atoms. The minimum absolute atomic E-state index is 1.25. The highest BCUT2D eigenvalue weighted by Crippen LogP contribution is 2.51. The summed E-state index contributed by atoms with van der Waals surface area (Å²) in [5.74, 6) is 0. The van der Waals surface area contributed by atoms with E-state index >= 15 is 0 Å². The predicted molar refractivity (Wildman–Crippen MR) is 96.4 cm³/mol. The minimum Gasteiger partial charge on any atom is -0.343 e. The molecule has 3 heteroatoms. The van der Waals surface area contributed by atoms with Crippen molar-refractivity contribution in [1.29, 1.82) is 0 Å². The van der Waals surface area contributed by atoms with Gasteiger partial charge in [0.15, 0.2) is 6.20 Å². The van der Waals surface area contributed by atoms with Crippen LogP contribution in [0.2, 0.25) is 0 Å². The van der Waals surface area contributed by atoms with Gasteiger partial charge in [-0.3, -0.25) is 0 Å². The summed E-state index contributed by atoms with van der Waals surface area (Å²) in [6, 6.07) is 19.5. The molecular weight excluding hydrogens is 300 g/mol. The van der Waals surface area contributed by atoms with Crippen molar-refractivity contribution in [3.8, 4) is 11.3 Å². The lowest BCUT2D eigenvalue weighted by Gasteiger charge is -2.30. The van der Waals surface area contributed by atoms with Crippen LogP contribution in [-0.2, 0) is 7.05 Å². The summed E-state index contributed by atoms with van der Waals surface area (Å²) < 4.78 is 2.20. The molecule has 23 heavy (non-hydrogen) atoms. The van der Waals surface area contributed by atoms with Gasteiger partial charge in [-0.2, -0.15) is 0 Å². The summed E-state index contributed by atoms with van der Waals surface area (Å²) in [5, 5.41) is 0. The Kier molecular flexibility index (Phi) is 3.38. The van der Waals surface area contributed by atoms with Gasteiger partial charge in [-0.25, -0.2) is 4.57 Å². The fourth-order valence-electron chi connectivity index (χ4n) is 3.20. The van der Waals surface area contributed by atoms with Crippen LogP contribution in [0.4, 0.5) is 11.4 Å². The number of hydrogen-bond acceptors (Lipinski definition) is 2. The molecule has 0 aliphatic carbocycles. The van der Waals surface area contributed by atoms with Crippen LogP contribution in [0.1, 0.15) is 5.56 Å². The highest BCUT2D eigenvalue weighted by molar-refractivity contribution is 8.00. The van der Waals surface area contributed by atoms with Crippen LogP contribution in [0, 0.1) is 6.92 Å². The largest absolute Gasteiger partial charge is 0.343 e. The third-order valence-corrected chi connectivity index (χ3v) is 5.64. The quantitative estimate of drug-likeness (QED) is 0.599. The van der Waals surface area contributed by atoms with Crippen molar-refractivity contribution in [3.63, 3.8) is 0 Å². The van der Waals surface area contributed by atoms with Crippen molar-refractivity contribution in [1.82, 2.24) is 0 Å². The number of para-hydroxylation sites is 1. The number of fused-ring (bicyclic) bond motifs is 2. The van der Waals surface area contributed by atoms with Gasteiger partial charge in [0, 0.05) is 24.1 Å². The van der Waals surface area contributed by atoms with Crippen LogP contribution in [0.15, 0.2) is 70.6 Å². The molecule has 1 aliphatic heterocycles. The Labute approximate surface area is 141 Å². The van der Waals surface area contributed by atoms with Crippen molar-refractivity contribution in [2.24, 2.45) is 7.05 Å². The first-order chi connectivity index (χ1) is 11.2. The molecule has 2 heterocycles. The number of aryl methyl sites for hydroxylation is 2. The molecule has 2 aromatic carbocycles. The number of rotatable bonds is 1. The van der Waals surface area contributed by atoms with E-state index in [0.29, 0.717) is 0 Å². The van der Waals surface area contributed by atoms with Crippen LogP contribution < -0.4 is 9.47 Å². The number of benzene rings is 2. The lowest BCUT2D eigenvalue weighted by molar-refractivity contribution is -0.660. The van der Waals surface area contributed by atoms with Crippen LogP contribution in [-0.4, -0.2) is 7.05 Å². The first kappa shape index (κ1) is 14.3. The van der Waals surface area contributed by atoms with E-state index in [1.54, 1.807) is 0 Å². The van der Waals surface area contributed by atoms with E-state index in [9.17, 15) is 0 Å². The van der Waals surface area contributed by atoms with Gasteiger partial charge in [0.25, 0.3) is 0 Å². The second-order valence-electron chi connectivity index (χ2n) is 5.93. The molecule has 1 aliphatic rings. The second-order valence-corrected chi connectivity index (χ2v) is 6.98. The Balaban J connectivity index is 1.98. The highest BCUT2D eigenvalue weighted by Gasteiger charge is 2.27. The SMILES string of the molecule is Cc1ccc2c(c1-c1cccc[n+]1C)Sc1ccccc1N2C. The lowest BCUT2D eigenvalue weighted by Crippen LogP contribution is -2.30. The van der Waals surface area contributed by atoms with E-state index in [4.69, 9.17) is 0 Å². The molecule has 0 unspecified atom stereocenters. The maximum Gasteiger partial charge on any atom is 0.213 e. The summed E-state index contributed by atoms with van der Waals surface area (Å²) in [5.41, 5.74) is 6.44. The number of aromatic nitrogens is 1. The predicted octanol–water partition coefficient (Wildman–Crippen LogP) is 4.72.